The number of methoxy groups -OCH3 is 1. The zero-order valence-electron chi connectivity index (χ0n) is 12.6. The maximum absolute atomic E-state index is 6.18. The molecule has 1 aliphatic carbocycles. The molecule has 0 bridgehead atoms. The van der Waals surface area contributed by atoms with Crippen molar-refractivity contribution in [3.63, 3.8) is 0 Å². The first kappa shape index (κ1) is 14.2. The van der Waals surface area contributed by atoms with Gasteiger partial charge in [0.05, 0.1) is 12.6 Å². The molecule has 3 heteroatoms. The van der Waals surface area contributed by atoms with E-state index in [1.54, 1.807) is 7.11 Å². The molecule has 0 aromatic heterocycles. The maximum atomic E-state index is 6.18. The van der Waals surface area contributed by atoms with Gasteiger partial charge in [-0.05, 0) is 30.4 Å². The first-order valence-corrected chi connectivity index (χ1v) is 7.05. The standard InChI is InChI=1S/C16H26N2O/c1-15(2)9-6-10-16(15,12-17)18(3)13-7-5-8-14(11-13)19-4/h5,7-8,11H,6,9-10,12,17H2,1-4H3. The summed E-state index contributed by atoms with van der Waals surface area (Å²) in [6.45, 7) is 5.36. The Labute approximate surface area is 116 Å². The van der Waals surface area contributed by atoms with Gasteiger partial charge in [0.25, 0.3) is 0 Å². The third kappa shape index (κ3) is 2.20. The molecule has 1 aliphatic rings. The van der Waals surface area contributed by atoms with Crippen molar-refractivity contribution in [2.75, 3.05) is 25.6 Å². The van der Waals surface area contributed by atoms with Gasteiger partial charge < -0.3 is 15.4 Å². The predicted molar refractivity (Wildman–Crippen MR) is 80.8 cm³/mol. The monoisotopic (exact) mass is 262 g/mol. The van der Waals surface area contributed by atoms with Crippen LogP contribution >= 0.6 is 0 Å². The second kappa shape index (κ2) is 5.04. The number of benzene rings is 1. The molecule has 19 heavy (non-hydrogen) atoms. The van der Waals surface area contributed by atoms with E-state index in [0.29, 0.717) is 6.54 Å². The highest BCUT2D eigenvalue weighted by molar-refractivity contribution is 5.53. The predicted octanol–water partition coefficient (Wildman–Crippen LogP) is 3.04. The van der Waals surface area contributed by atoms with E-state index in [1.807, 2.05) is 12.1 Å². The zero-order chi connectivity index (χ0) is 14.1. The first-order valence-electron chi connectivity index (χ1n) is 7.05. The molecule has 3 nitrogen and oxygen atoms in total. The van der Waals surface area contributed by atoms with Crippen LogP contribution in [-0.2, 0) is 0 Å². The second-order valence-corrected chi connectivity index (χ2v) is 6.23. The minimum atomic E-state index is 0.0410. The van der Waals surface area contributed by atoms with E-state index < -0.39 is 0 Å². The van der Waals surface area contributed by atoms with Crippen LogP contribution in [0.25, 0.3) is 0 Å². The number of hydrogen-bond donors (Lipinski definition) is 1. The van der Waals surface area contributed by atoms with Crippen molar-refractivity contribution < 1.29 is 4.74 Å². The van der Waals surface area contributed by atoms with Crippen molar-refractivity contribution in [1.82, 2.24) is 0 Å². The van der Waals surface area contributed by atoms with E-state index in [-0.39, 0.29) is 11.0 Å². The fraction of sp³-hybridized carbons (Fsp3) is 0.625. The minimum absolute atomic E-state index is 0.0410. The molecule has 0 heterocycles. The van der Waals surface area contributed by atoms with Crippen molar-refractivity contribution in [2.45, 2.75) is 38.6 Å². The smallest absolute Gasteiger partial charge is 0.120 e. The summed E-state index contributed by atoms with van der Waals surface area (Å²) in [6.07, 6.45) is 3.64. The van der Waals surface area contributed by atoms with Gasteiger partial charge in [-0.15, -0.1) is 0 Å². The highest BCUT2D eigenvalue weighted by Gasteiger charge is 2.50. The van der Waals surface area contributed by atoms with E-state index >= 15 is 0 Å². The average molecular weight is 262 g/mol. The topological polar surface area (TPSA) is 38.5 Å². The molecule has 1 aromatic rings. The molecule has 1 fully saturated rings. The minimum Gasteiger partial charge on any atom is -0.497 e. The summed E-state index contributed by atoms with van der Waals surface area (Å²) in [5.74, 6) is 0.896. The van der Waals surface area contributed by atoms with Crippen molar-refractivity contribution in [3.05, 3.63) is 24.3 Å². The summed E-state index contributed by atoms with van der Waals surface area (Å²) in [6, 6.07) is 8.24. The molecule has 2 N–H and O–H groups in total. The maximum Gasteiger partial charge on any atom is 0.120 e. The van der Waals surface area contributed by atoms with Gasteiger partial charge in [0.15, 0.2) is 0 Å². The summed E-state index contributed by atoms with van der Waals surface area (Å²) in [4.78, 5) is 2.36. The third-order valence-electron chi connectivity index (χ3n) is 5.07. The van der Waals surface area contributed by atoms with Gasteiger partial charge in [-0.1, -0.05) is 26.3 Å². The summed E-state index contributed by atoms with van der Waals surface area (Å²) >= 11 is 0. The molecule has 0 aliphatic heterocycles. The van der Waals surface area contributed by atoms with E-state index in [4.69, 9.17) is 10.5 Å². The Bertz CT molecular complexity index is 444. The number of anilines is 1. The van der Waals surface area contributed by atoms with Crippen LogP contribution in [0.5, 0.6) is 5.75 Å². The normalized spacial score (nSPS) is 25.3. The van der Waals surface area contributed by atoms with Crippen LogP contribution in [0.3, 0.4) is 0 Å². The number of nitrogens with two attached hydrogens (primary N) is 1. The Balaban J connectivity index is 2.38. The Morgan fingerprint density at radius 3 is 2.58 bits per heavy atom. The van der Waals surface area contributed by atoms with Crippen LogP contribution in [0.1, 0.15) is 33.1 Å². The Kier molecular flexibility index (Phi) is 3.77. The molecule has 106 valence electrons. The van der Waals surface area contributed by atoms with Gasteiger partial charge in [0, 0.05) is 25.3 Å². The number of nitrogens with zero attached hydrogens (tertiary/aromatic N) is 1. The fourth-order valence-electron chi connectivity index (χ4n) is 3.60. The molecular weight excluding hydrogens is 236 g/mol. The quantitative estimate of drug-likeness (QED) is 0.906. The largest absolute Gasteiger partial charge is 0.497 e. The molecule has 1 aromatic carbocycles. The summed E-state index contributed by atoms with van der Waals surface area (Å²) in [7, 11) is 3.87. The van der Waals surface area contributed by atoms with Crippen LogP contribution in [0.2, 0.25) is 0 Å². The lowest BCUT2D eigenvalue weighted by Gasteiger charge is -2.49. The average Bonchev–Trinajstić information content (AvgIpc) is 2.73. The zero-order valence-corrected chi connectivity index (χ0v) is 12.6. The van der Waals surface area contributed by atoms with Crippen LogP contribution in [0.15, 0.2) is 24.3 Å². The fourth-order valence-corrected chi connectivity index (χ4v) is 3.60. The lowest BCUT2D eigenvalue weighted by molar-refractivity contribution is 0.207. The van der Waals surface area contributed by atoms with Gasteiger partial charge in [-0.2, -0.15) is 0 Å². The second-order valence-electron chi connectivity index (χ2n) is 6.23. The number of rotatable bonds is 4. The van der Waals surface area contributed by atoms with Gasteiger partial charge in [0.1, 0.15) is 5.75 Å². The number of ether oxygens (including phenoxy) is 1. The van der Waals surface area contributed by atoms with E-state index in [0.717, 1.165) is 12.2 Å². The third-order valence-corrected chi connectivity index (χ3v) is 5.07. The molecule has 1 saturated carbocycles. The molecule has 0 amide bonds. The van der Waals surface area contributed by atoms with E-state index in [2.05, 4.69) is 37.9 Å². The van der Waals surface area contributed by atoms with Crippen LogP contribution in [0.4, 0.5) is 5.69 Å². The molecule has 1 atom stereocenters. The van der Waals surface area contributed by atoms with E-state index in [9.17, 15) is 0 Å². The first-order chi connectivity index (χ1) is 8.97. The summed E-state index contributed by atoms with van der Waals surface area (Å²) in [5, 5.41) is 0. The van der Waals surface area contributed by atoms with E-state index in [1.165, 1.54) is 18.5 Å². The highest BCUT2D eigenvalue weighted by Crippen LogP contribution is 2.49. The van der Waals surface area contributed by atoms with Crippen molar-refractivity contribution in [1.29, 1.82) is 0 Å². The highest BCUT2D eigenvalue weighted by atomic mass is 16.5. The van der Waals surface area contributed by atoms with Crippen molar-refractivity contribution >= 4 is 5.69 Å². The SMILES string of the molecule is COc1cccc(N(C)C2(CN)CCCC2(C)C)c1. The lowest BCUT2D eigenvalue weighted by atomic mass is 9.73. The Morgan fingerprint density at radius 2 is 2.05 bits per heavy atom. The lowest BCUT2D eigenvalue weighted by Crippen LogP contribution is -2.58. The Hall–Kier alpha value is -1.22. The van der Waals surface area contributed by atoms with Gasteiger partial charge >= 0.3 is 0 Å². The van der Waals surface area contributed by atoms with Gasteiger partial charge in [-0.3, -0.25) is 0 Å². The summed E-state index contributed by atoms with van der Waals surface area (Å²) in [5.41, 5.74) is 7.64. The van der Waals surface area contributed by atoms with Crippen LogP contribution in [0, 0.1) is 5.41 Å². The Morgan fingerprint density at radius 1 is 1.32 bits per heavy atom. The summed E-state index contributed by atoms with van der Waals surface area (Å²) < 4.78 is 5.33. The van der Waals surface area contributed by atoms with Crippen molar-refractivity contribution in [2.24, 2.45) is 11.1 Å². The van der Waals surface area contributed by atoms with Gasteiger partial charge in [0.2, 0.25) is 0 Å². The van der Waals surface area contributed by atoms with Crippen molar-refractivity contribution in [3.8, 4) is 5.75 Å². The number of likely N-dealkylation sites (N-methyl/N-ethyl adjacent to an activating group) is 1. The molecular formula is C16H26N2O. The molecule has 2 rings (SSSR count). The molecule has 0 saturated heterocycles. The van der Waals surface area contributed by atoms with Gasteiger partial charge in [-0.25, -0.2) is 0 Å². The van der Waals surface area contributed by atoms with Crippen LogP contribution in [-0.4, -0.2) is 26.2 Å². The number of hydrogen-bond acceptors (Lipinski definition) is 3. The molecule has 0 spiro atoms. The van der Waals surface area contributed by atoms with Crippen LogP contribution < -0.4 is 15.4 Å². The molecule has 0 radical (unpaired) electrons. The molecule has 1 unspecified atom stereocenters.